The average Bonchev–Trinajstić information content (AvgIpc) is 2.43. The second kappa shape index (κ2) is 4.41. The summed E-state index contributed by atoms with van der Waals surface area (Å²) in [4.78, 5) is 23.8. The molecule has 2 rings (SSSR count). The van der Waals surface area contributed by atoms with Crippen molar-refractivity contribution in [1.29, 1.82) is 0 Å². The number of nitrogens with zero attached hydrogens (tertiary/aromatic N) is 1. The summed E-state index contributed by atoms with van der Waals surface area (Å²) >= 11 is 17.4. The third kappa shape index (κ3) is 2.35. The standard InChI is InChI=1S/C9H8Cl3NO2S/c10-9(11,12)16-13-7(14)5-3-1-2-4-6(5)8(13)15/h1-2,5-6H,3-4H2/t5-,6-/m0/s1. The van der Waals surface area contributed by atoms with Crippen molar-refractivity contribution in [3.8, 4) is 0 Å². The van der Waals surface area contributed by atoms with Gasteiger partial charge in [-0.25, -0.2) is 4.31 Å². The first kappa shape index (κ1) is 12.6. The van der Waals surface area contributed by atoms with Crippen LogP contribution in [0.1, 0.15) is 12.8 Å². The second-order valence-electron chi connectivity index (χ2n) is 3.66. The molecule has 0 aromatic carbocycles. The van der Waals surface area contributed by atoms with Crippen LogP contribution in [0.5, 0.6) is 0 Å². The summed E-state index contributed by atoms with van der Waals surface area (Å²) in [5, 5.41) is 0. The van der Waals surface area contributed by atoms with Crippen LogP contribution in [0.4, 0.5) is 0 Å². The smallest absolute Gasteiger partial charge is 0.256 e. The van der Waals surface area contributed by atoms with Crippen LogP contribution in [0.15, 0.2) is 12.2 Å². The third-order valence-corrected chi connectivity index (χ3v) is 4.03. The first-order chi connectivity index (χ1) is 7.40. The monoisotopic (exact) mass is 299 g/mol. The maximum Gasteiger partial charge on any atom is 0.256 e. The SMILES string of the molecule is O=C1[C@H]2CC=CC[C@@H]2C(=O)N1SC(Cl)(Cl)Cl. The molecule has 2 amide bonds. The number of hydrogen-bond donors (Lipinski definition) is 0. The van der Waals surface area contributed by atoms with E-state index in [-0.39, 0.29) is 23.7 Å². The molecule has 0 radical (unpaired) electrons. The highest BCUT2D eigenvalue weighted by Crippen LogP contribution is 2.46. The number of halogens is 3. The van der Waals surface area contributed by atoms with Crippen molar-refractivity contribution >= 4 is 58.6 Å². The van der Waals surface area contributed by atoms with E-state index in [0.717, 1.165) is 4.31 Å². The minimum Gasteiger partial charge on any atom is -0.273 e. The second-order valence-corrected chi connectivity index (χ2v) is 7.78. The van der Waals surface area contributed by atoms with Crippen molar-refractivity contribution < 1.29 is 9.59 Å². The van der Waals surface area contributed by atoms with Gasteiger partial charge in [-0.15, -0.1) is 0 Å². The molecule has 0 spiro atoms. The number of alkyl halides is 3. The van der Waals surface area contributed by atoms with E-state index in [0.29, 0.717) is 24.8 Å². The summed E-state index contributed by atoms with van der Waals surface area (Å²) in [6.45, 7) is 0. The molecular formula is C9H8Cl3NO2S. The predicted molar refractivity (Wildman–Crippen MR) is 65.1 cm³/mol. The van der Waals surface area contributed by atoms with Gasteiger partial charge in [-0.1, -0.05) is 47.0 Å². The molecule has 7 heteroatoms. The van der Waals surface area contributed by atoms with E-state index in [1.54, 1.807) is 0 Å². The van der Waals surface area contributed by atoms with Gasteiger partial charge in [0.15, 0.2) is 0 Å². The largest absolute Gasteiger partial charge is 0.273 e. The summed E-state index contributed by atoms with van der Waals surface area (Å²) in [6, 6.07) is 0. The lowest BCUT2D eigenvalue weighted by Crippen LogP contribution is -2.26. The zero-order valence-electron chi connectivity index (χ0n) is 8.03. The van der Waals surface area contributed by atoms with Gasteiger partial charge in [-0.2, -0.15) is 0 Å². The molecular weight excluding hydrogens is 293 g/mol. The molecule has 88 valence electrons. The van der Waals surface area contributed by atoms with Gasteiger partial charge in [-0.05, 0) is 12.8 Å². The third-order valence-electron chi connectivity index (χ3n) is 2.66. The lowest BCUT2D eigenvalue weighted by atomic mass is 9.85. The Morgan fingerprint density at radius 2 is 1.56 bits per heavy atom. The Kier molecular flexibility index (Phi) is 3.46. The van der Waals surface area contributed by atoms with Gasteiger partial charge >= 0.3 is 0 Å². The molecule has 1 saturated heterocycles. The van der Waals surface area contributed by atoms with Gasteiger partial charge in [0, 0.05) is 11.9 Å². The first-order valence-electron chi connectivity index (χ1n) is 4.69. The number of carbonyl (C=O) groups excluding carboxylic acids is 2. The van der Waals surface area contributed by atoms with Crippen molar-refractivity contribution in [2.45, 2.75) is 16.0 Å². The molecule has 1 aliphatic carbocycles. The Morgan fingerprint density at radius 3 is 1.94 bits per heavy atom. The van der Waals surface area contributed by atoms with Gasteiger partial charge in [0.2, 0.25) is 11.8 Å². The predicted octanol–water partition coefficient (Wildman–Crippen LogP) is 2.91. The summed E-state index contributed by atoms with van der Waals surface area (Å²) < 4.78 is -0.693. The summed E-state index contributed by atoms with van der Waals surface area (Å²) in [5.41, 5.74) is 0. The van der Waals surface area contributed by atoms with Crippen LogP contribution >= 0.6 is 46.8 Å². The van der Waals surface area contributed by atoms with E-state index < -0.39 is 3.12 Å². The van der Waals surface area contributed by atoms with Gasteiger partial charge in [0.1, 0.15) is 0 Å². The zero-order valence-corrected chi connectivity index (χ0v) is 11.1. The van der Waals surface area contributed by atoms with E-state index in [2.05, 4.69) is 0 Å². The number of allylic oxidation sites excluding steroid dienone is 2. The Labute approximate surface area is 112 Å². The maximum atomic E-state index is 11.9. The number of carbonyl (C=O) groups is 2. The highest BCUT2D eigenvalue weighted by Gasteiger charge is 2.49. The molecule has 2 atom stereocenters. The molecule has 2 aliphatic rings. The molecule has 1 heterocycles. The van der Waals surface area contributed by atoms with Crippen molar-refractivity contribution in [2.75, 3.05) is 0 Å². The minimum atomic E-state index is -1.69. The summed E-state index contributed by atoms with van der Waals surface area (Å²) in [7, 11) is 0. The van der Waals surface area contributed by atoms with Crippen LogP contribution in [-0.4, -0.2) is 19.2 Å². The number of fused-ring (bicyclic) bond motifs is 1. The van der Waals surface area contributed by atoms with E-state index in [1.165, 1.54) is 0 Å². The zero-order chi connectivity index (χ0) is 11.9. The average molecular weight is 301 g/mol. The molecule has 16 heavy (non-hydrogen) atoms. The van der Waals surface area contributed by atoms with Crippen LogP contribution in [0.3, 0.4) is 0 Å². The van der Waals surface area contributed by atoms with Crippen LogP contribution in [0, 0.1) is 11.8 Å². The Bertz CT molecular complexity index is 340. The quantitative estimate of drug-likeness (QED) is 0.323. The lowest BCUT2D eigenvalue weighted by Gasteiger charge is -2.17. The fraction of sp³-hybridized carbons (Fsp3) is 0.556. The number of amides is 2. The minimum absolute atomic E-state index is 0.254. The molecule has 0 saturated carbocycles. The Hall–Kier alpha value is 0.1000. The van der Waals surface area contributed by atoms with E-state index >= 15 is 0 Å². The molecule has 0 N–H and O–H groups in total. The normalized spacial score (nSPS) is 29.8. The first-order valence-corrected chi connectivity index (χ1v) is 6.59. The fourth-order valence-corrected chi connectivity index (χ4v) is 3.24. The number of imide groups is 1. The van der Waals surface area contributed by atoms with Crippen molar-refractivity contribution in [3.05, 3.63) is 12.2 Å². The van der Waals surface area contributed by atoms with Gasteiger partial charge < -0.3 is 0 Å². The lowest BCUT2D eigenvalue weighted by molar-refractivity contribution is -0.133. The summed E-state index contributed by atoms with van der Waals surface area (Å²) in [6.07, 6.45) is 5.00. The number of hydrogen-bond acceptors (Lipinski definition) is 3. The molecule has 0 unspecified atom stereocenters. The molecule has 1 fully saturated rings. The summed E-state index contributed by atoms with van der Waals surface area (Å²) in [5.74, 6) is -1.07. The topological polar surface area (TPSA) is 37.4 Å². The van der Waals surface area contributed by atoms with E-state index in [9.17, 15) is 9.59 Å². The van der Waals surface area contributed by atoms with Gasteiger partial charge in [-0.3, -0.25) is 9.59 Å². The van der Waals surface area contributed by atoms with E-state index in [1.807, 2.05) is 12.2 Å². The highest BCUT2D eigenvalue weighted by molar-refractivity contribution is 8.03. The molecule has 3 nitrogen and oxygen atoms in total. The van der Waals surface area contributed by atoms with E-state index in [4.69, 9.17) is 34.8 Å². The number of rotatable bonds is 1. The van der Waals surface area contributed by atoms with Crippen molar-refractivity contribution in [3.63, 3.8) is 0 Å². The van der Waals surface area contributed by atoms with Crippen molar-refractivity contribution in [1.82, 2.24) is 4.31 Å². The van der Waals surface area contributed by atoms with Crippen LogP contribution in [0.2, 0.25) is 0 Å². The maximum absolute atomic E-state index is 11.9. The van der Waals surface area contributed by atoms with Crippen LogP contribution in [0.25, 0.3) is 0 Å². The van der Waals surface area contributed by atoms with Crippen LogP contribution in [-0.2, 0) is 9.59 Å². The molecule has 1 aliphatic heterocycles. The molecule has 0 aromatic heterocycles. The molecule has 0 bridgehead atoms. The Morgan fingerprint density at radius 1 is 1.12 bits per heavy atom. The molecule has 0 aromatic rings. The van der Waals surface area contributed by atoms with Gasteiger partial charge in [0.25, 0.3) is 3.12 Å². The fourth-order valence-electron chi connectivity index (χ4n) is 1.96. The van der Waals surface area contributed by atoms with Crippen molar-refractivity contribution in [2.24, 2.45) is 11.8 Å². The van der Waals surface area contributed by atoms with Crippen LogP contribution < -0.4 is 0 Å². The highest BCUT2D eigenvalue weighted by atomic mass is 35.6. The van der Waals surface area contributed by atoms with Gasteiger partial charge in [0.05, 0.1) is 11.8 Å². The Balaban J connectivity index is 2.18.